The van der Waals surface area contributed by atoms with E-state index in [0.717, 1.165) is 0 Å². The van der Waals surface area contributed by atoms with Crippen LogP contribution in [0.25, 0.3) is 0 Å². The molecule has 1 aromatic heterocycles. The number of amides is 1. The van der Waals surface area contributed by atoms with Crippen molar-refractivity contribution in [3.63, 3.8) is 0 Å². The first-order valence-electron chi connectivity index (χ1n) is 5.18. The Kier molecular flexibility index (Phi) is 3.36. The molecule has 2 heterocycles. The molecule has 1 aromatic rings. The van der Waals surface area contributed by atoms with E-state index in [9.17, 15) is 4.79 Å². The molecule has 0 saturated carbocycles. The summed E-state index contributed by atoms with van der Waals surface area (Å²) >= 11 is 0. The summed E-state index contributed by atoms with van der Waals surface area (Å²) in [4.78, 5) is 17.8. The lowest BCUT2D eigenvalue weighted by Crippen LogP contribution is -2.40. The third-order valence-corrected chi connectivity index (χ3v) is 2.49. The number of pyridine rings is 1. The second-order valence-electron chi connectivity index (χ2n) is 3.49. The van der Waals surface area contributed by atoms with Gasteiger partial charge in [0.2, 0.25) is 5.88 Å². The van der Waals surface area contributed by atoms with E-state index in [1.165, 1.54) is 6.20 Å². The molecule has 1 fully saturated rings. The van der Waals surface area contributed by atoms with Crippen molar-refractivity contribution >= 4 is 5.91 Å². The van der Waals surface area contributed by atoms with Gasteiger partial charge in [-0.25, -0.2) is 4.98 Å². The van der Waals surface area contributed by atoms with Gasteiger partial charge in [-0.1, -0.05) is 0 Å². The van der Waals surface area contributed by atoms with Crippen LogP contribution < -0.4 is 4.74 Å². The average molecular weight is 222 g/mol. The molecule has 0 spiro atoms. The Balaban J connectivity index is 2.07. The van der Waals surface area contributed by atoms with E-state index in [4.69, 9.17) is 9.47 Å². The zero-order valence-corrected chi connectivity index (χ0v) is 9.18. The van der Waals surface area contributed by atoms with Crippen LogP contribution in [0.15, 0.2) is 18.3 Å². The van der Waals surface area contributed by atoms with Crippen LogP contribution in [0.4, 0.5) is 0 Å². The Hall–Kier alpha value is -1.62. The monoisotopic (exact) mass is 222 g/mol. The van der Waals surface area contributed by atoms with Gasteiger partial charge in [-0.15, -0.1) is 0 Å². The minimum Gasteiger partial charge on any atom is -0.481 e. The Morgan fingerprint density at radius 2 is 2.19 bits per heavy atom. The van der Waals surface area contributed by atoms with Crippen LogP contribution >= 0.6 is 0 Å². The number of carbonyl (C=O) groups is 1. The second-order valence-corrected chi connectivity index (χ2v) is 3.49. The molecule has 1 aliphatic rings. The molecular weight excluding hydrogens is 208 g/mol. The maximum absolute atomic E-state index is 12.0. The summed E-state index contributed by atoms with van der Waals surface area (Å²) in [5, 5.41) is 0. The standard InChI is InChI=1S/C11H14N2O3/c1-15-10-3-2-9(8-12-10)11(14)13-4-6-16-7-5-13/h2-3,8H,4-7H2,1H3. The zero-order chi connectivity index (χ0) is 11.4. The molecule has 0 aliphatic carbocycles. The summed E-state index contributed by atoms with van der Waals surface area (Å²) in [6.07, 6.45) is 1.54. The minimum absolute atomic E-state index is 0.00143. The van der Waals surface area contributed by atoms with Crippen molar-refractivity contribution in [2.45, 2.75) is 0 Å². The van der Waals surface area contributed by atoms with E-state index in [1.807, 2.05) is 0 Å². The predicted octanol–water partition coefficient (Wildman–Crippen LogP) is 0.563. The first-order valence-corrected chi connectivity index (χ1v) is 5.18. The summed E-state index contributed by atoms with van der Waals surface area (Å²) in [6.45, 7) is 2.50. The Morgan fingerprint density at radius 3 is 2.75 bits per heavy atom. The highest BCUT2D eigenvalue weighted by Crippen LogP contribution is 2.10. The molecule has 0 unspecified atom stereocenters. The molecule has 0 radical (unpaired) electrons. The fraction of sp³-hybridized carbons (Fsp3) is 0.455. The van der Waals surface area contributed by atoms with E-state index in [-0.39, 0.29) is 5.91 Å². The maximum Gasteiger partial charge on any atom is 0.255 e. The van der Waals surface area contributed by atoms with Crippen LogP contribution in [0.1, 0.15) is 10.4 Å². The lowest BCUT2D eigenvalue weighted by molar-refractivity contribution is 0.0302. The van der Waals surface area contributed by atoms with Gasteiger partial charge >= 0.3 is 0 Å². The van der Waals surface area contributed by atoms with E-state index < -0.39 is 0 Å². The predicted molar refractivity (Wildman–Crippen MR) is 57.5 cm³/mol. The zero-order valence-electron chi connectivity index (χ0n) is 9.18. The van der Waals surface area contributed by atoms with Crippen molar-refractivity contribution < 1.29 is 14.3 Å². The van der Waals surface area contributed by atoms with Crippen molar-refractivity contribution in [3.05, 3.63) is 23.9 Å². The summed E-state index contributed by atoms with van der Waals surface area (Å²) < 4.78 is 10.1. The van der Waals surface area contributed by atoms with Crippen LogP contribution in [0.3, 0.4) is 0 Å². The third kappa shape index (κ3) is 2.30. The van der Waals surface area contributed by atoms with Crippen LogP contribution in [0.2, 0.25) is 0 Å². The highest BCUT2D eigenvalue weighted by Gasteiger charge is 2.18. The topological polar surface area (TPSA) is 51.7 Å². The van der Waals surface area contributed by atoms with Gasteiger partial charge in [0.15, 0.2) is 0 Å². The number of methoxy groups -OCH3 is 1. The van der Waals surface area contributed by atoms with Crippen molar-refractivity contribution in [3.8, 4) is 5.88 Å². The molecule has 0 N–H and O–H groups in total. The van der Waals surface area contributed by atoms with Crippen molar-refractivity contribution in [2.24, 2.45) is 0 Å². The fourth-order valence-corrected chi connectivity index (χ4v) is 1.58. The molecule has 5 heteroatoms. The van der Waals surface area contributed by atoms with Crippen molar-refractivity contribution in [2.75, 3.05) is 33.4 Å². The first kappa shape index (κ1) is 10.9. The number of hydrogen-bond acceptors (Lipinski definition) is 4. The second kappa shape index (κ2) is 4.94. The number of rotatable bonds is 2. The number of hydrogen-bond donors (Lipinski definition) is 0. The van der Waals surface area contributed by atoms with Crippen LogP contribution in [0.5, 0.6) is 5.88 Å². The molecule has 5 nitrogen and oxygen atoms in total. The molecule has 1 amide bonds. The largest absolute Gasteiger partial charge is 0.481 e. The number of carbonyl (C=O) groups excluding carboxylic acids is 1. The smallest absolute Gasteiger partial charge is 0.255 e. The lowest BCUT2D eigenvalue weighted by atomic mass is 10.2. The highest BCUT2D eigenvalue weighted by molar-refractivity contribution is 5.94. The normalized spacial score (nSPS) is 15.9. The van der Waals surface area contributed by atoms with E-state index >= 15 is 0 Å². The average Bonchev–Trinajstić information content (AvgIpc) is 2.39. The Bertz CT molecular complexity index is 358. The first-order chi connectivity index (χ1) is 7.81. The van der Waals surface area contributed by atoms with Crippen LogP contribution in [0, 0.1) is 0 Å². The maximum atomic E-state index is 12.0. The molecule has 86 valence electrons. The van der Waals surface area contributed by atoms with E-state index in [0.29, 0.717) is 37.7 Å². The SMILES string of the molecule is COc1ccc(C(=O)N2CCOCC2)cn1. The van der Waals surface area contributed by atoms with E-state index in [1.54, 1.807) is 24.1 Å². The lowest BCUT2D eigenvalue weighted by Gasteiger charge is -2.26. The molecule has 2 rings (SSSR count). The Labute approximate surface area is 94.0 Å². The quantitative estimate of drug-likeness (QED) is 0.733. The third-order valence-electron chi connectivity index (χ3n) is 2.49. The molecule has 0 bridgehead atoms. The highest BCUT2D eigenvalue weighted by atomic mass is 16.5. The minimum atomic E-state index is -0.00143. The van der Waals surface area contributed by atoms with Gasteiger partial charge in [0.25, 0.3) is 5.91 Å². The van der Waals surface area contributed by atoms with Gasteiger partial charge in [0.1, 0.15) is 0 Å². The van der Waals surface area contributed by atoms with Gasteiger partial charge in [-0.05, 0) is 6.07 Å². The number of nitrogens with zero attached hydrogens (tertiary/aromatic N) is 2. The summed E-state index contributed by atoms with van der Waals surface area (Å²) in [5.74, 6) is 0.511. The molecule has 16 heavy (non-hydrogen) atoms. The molecule has 1 saturated heterocycles. The molecule has 0 aromatic carbocycles. The van der Waals surface area contributed by atoms with Gasteiger partial charge in [0, 0.05) is 25.4 Å². The van der Waals surface area contributed by atoms with Crippen LogP contribution in [-0.4, -0.2) is 49.2 Å². The number of ether oxygens (including phenoxy) is 2. The van der Waals surface area contributed by atoms with Crippen molar-refractivity contribution in [1.29, 1.82) is 0 Å². The van der Waals surface area contributed by atoms with Gasteiger partial charge in [-0.2, -0.15) is 0 Å². The summed E-state index contributed by atoms with van der Waals surface area (Å²) in [5.41, 5.74) is 0.586. The van der Waals surface area contributed by atoms with Gasteiger partial charge < -0.3 is 14.4 Å². The van der Waals surface area contributed by atoms with Gasteiger partial charge in [-0.3, -0.25) is 4.79 Å². The summed E-state index contributed by atoms with van der Waals surface area (Å²) in [7, 11) is 1.55. The number of morpholine rings is 1. The van der Waals surface area contributed by atoms with E-state index in [2.05, 4.69) is 4.98 Å². The molecule has 1 aliphatic heterocycles. The van der Waals surface area contributed by atoms with Crippen molar-refractivity contribution in [1.82, 2.24) is 9.88 Å². The van der Waals surface area contributed by atoms with Gasteiger partial charge in [0.05, 0.1) is 25.9 Å². The number of aromatic nitrogens is 1. The fourth-order valence-electron chi connectivity index (χ4n) is 1.58. The molecular formula is C11H14N2O3. The molecule has 0 atom stereocenters. The Morgan fingerprint density at radius 1 is 1.44 bits per heavy atom. The van der Waals surface area contributed by atoms with Crippen LogP contribution in [-0.2, 0) is 4.74 Å². The summed E-state index contributed by atoms with van der Waals surface area (Å²) in [6, 6.07) is 3.41.